The van der Waals surface area contributed by atoms with Crippen molar-refractivity contribution in [3.8, 4) is 0 Å². The van der Waals surface area contributed by atoms with Crippen LogP contribution in [0.4, 0.5) is 5.69 Å². The molecule has 6 heteroatoms. The van der Waals surface area contributed by atoms with Gasteiger partial charge < -0.3 is 15.2 Å². The molecule has 6 rings (SSSR count). The summed E-state index contributed by atoms with van der Waals surface area (Å²) in [6, 6.07) is 16.9. The SMILES string of the molecule is c1ccc2c(c1)NC1(CCN(Cc3nc4ccccc4[nH]3)CC1)N1CCCN=C21. The number of imidazole rings is 1. The minimum absolute atomic E-state index is 0.0159. The van der Waals surface area contributed by atoms with Crippen molar-refractivity contribution in [1.82, 2.24) is 19.8 Å². The van der Waals surface area contributed by atoms with Crippen LogP contribution in [0.1, 0.15) is 30.7 Å². The van der Waals surface area contributed by atoms with Gasteiger partial charge in [0.1, 0.15) is 17.3 Å². The van der Waals surface area contributed by atoms with Crippen LogP contribution in [0.5, 0.6) is 0 Å². The first-order valence-electron chi connectivity index (χ1n) is 10.7. The molecule has 4 heterocycles. The van der Waals surface area contributed by atoms with E-state index < -0.39 is 0 Å². The summed E-state index contributed by atoms with van der Waals surface area (Å²) in [5, 5.41) is 3.91. The zero-order chi connectivity index (χ0) is 19.3. The first-order chi connectivity index (χ1) is 14.3. The van der Waals surface area contributed by atoms with Gasteiger partial charge in [-0.05, 0) is 30.7 Å². The normalized spacial score (nSPS) is 20.8. The fourth-order valence-corrected chi connectivity index (χ4v) is 5.13. The first-order valence-corrected chi connectivity index (χ1v) is 10.7. The average Bonchev–Trinajstić information content (AvgIpc) is 3.18. The van der Waals surface area contributed by atoms with E-state index in [2.05, 4.69) is 62.6 Å². The van der Waals surface area contributed by atoms with Crippen molar-refractivity contribution < 1.29 is 0 Å². The molecule has 29 heavy (non-hydrogen) atoms. The van der Waals surface area contributed by atoms with Gasteiger partial charge in [0.15, 0.2) is 0 Å². The highest BCUT2D eigenvalue weighted by atomic mass is 15.4. The predicted molar refractivity (Wildman–Crippen MR) is 116 cm³/mol. The highest BCUT2D eigenvalue weighted by molar-refractivity contribution is 6.06. The molecule has 1 aromatic heterocycles. The lowest BCUT2D eigenvalue weighted by atomic mass is 9.89. The van der Waals surface area contributed by atoms with Crippen LogP contribution >= 0.6 is 0 Å². The Morgan fingerprint density at radius 2 is 1.79 bits per heavy atom. The maximum Gasteiger partial charge on any atom is 0.134 e. The van der Waals surface area contributed by atoms with Crippen LogP contribution in [0.25, 0.3) is 11.0 Å². The highest BCUT2D eigenvalue weighted by Crippen LogP contribution is 2.39. The van der Waals surface area contributed by atoms with Crippen LogP contribution < -0.4 is 5.32 Å². The second-order valence-electron chi connectivity index (χ2n) is 8.39. The molecule has 3 aliphatic rings. The van der Waals surface area contributed by atoms with Crippen LogP contribution in [-0.2, 0) is 6.54 Å². The van der Waals surface area contributed by atoms with Gasteiger partial charge in [-0.3, -0.25) is 9.89 Å². The zero-order valence-corrected chi connectivity index (χ0v) is 16.6. The maximum atomic E-state index is 4.93. The summed E-state index contributed by atoms with van der Waals surface area (Å²) < 4.78 is 0. The number of hydrogen-bond donors (Lipinski definition) is 2. The average molecular weight is 387 g/mol. The number of nitrogens with zero attached hydrogens (tertiary/aromatic N) is 4. The van der Waals surface area contributed by atoms with E-state index >= 15 is 0 Å². The minimum atomic E-state index is -0.0159. The summed E-state index contributed by atoms with van der Waals surface area (Å²) in [7, 11) is 0. The van der Waals surface area contributed by atoms with Gasteiger partial charge >= 0.3 is 0 Å². The number of benzene rings is 2. The molecule has 1 saturated heterocycles. The first kappa shape index (κ1) is 17.0. The van der Waals surface area contributed by atoms with Gasteiger partial charge in [0.25, 0.3) is 0 Å². The molecular weight excluding hydrogens is 360 g/mol. The summed E-state index contributed by atoms with van der Waals surface area (Å²) in [6.07, 6.45) is 3.30. The molecule has 0 aliphatic carbocycles. The molecule has 0 amide bonds. The lowest BCUT2D eigenvalue weighted by Crippen LogP contribution is -2.65. The molecule has 2 aromatic carbocycles. The lowest BCUT2D eigenvalue weighted by Gasteiger charge is -2.54. The summed E-state index contributed by atoms with van der Waals surface area (Å²) in [5.41, 5.74) is 4.64. The number of H-pyrrole nitrogens is 1. The Balaban J connectivity index is 1.23. The van der Waals surface area contributed by atoms with Crippen molar-refractivity contribution in [1.29, 1.82) is 0 Å². The van der Waals surface area contributed by atoms with Gasteiger partial charge in [0, 0.05) is 50.3 Å². The standard InChI is InChI=1S/C23H26N6/c1-2-7-18-17(6-1)22-24-12-5-13-29(22)23(27-18)10-14-28(15-11-23)16-21-25-19-8-3-4-9-20(19)26-21/h1-4,6-9,27H,5,10-16H2,(H,25,26). The Morgan fingerprint density at radius 1 is 0.966 bits per heavy atom. The molecule has 2 N–H and O–H groups in total. The molecule has 0 unspecified atom stereocenters. The predicted octanol–water partition coefficient (Wildman–Crippen LogP) is 3.43. The number of piperidine rings is 1. The summed E-state index contributed by atoms with van der Waals surface area (Å²) >= 11 is 0. The molecule has 3 aliphatic heterocycles. The fraction of sp³-hybridized carbons (Fsp3) is 0.391. The molecule has 148 valence electrons. The van der Waals surface area contributed by atoms with Gasteiger partial charge in [0.05, 0.1) is 17.6 Å². The van der Waals surface area contributed by atoms with Gasteiger partial charge in [-0.25, -0.2) is 4.98 Å². The Morgan fingerprint density at radius 3 is 2.69 bits per heavy atom. The summed E-state index contributed by atoms with van der Waals surface area (Å²) in [5.74, 6) is 2.25. The number of aliphatic imine (C=N–C) groups is 1. The van der Waals surface area contributed by atoms with Crippen molar-refractivity contribution in [2.24, 2.45) is 4.99 Å². The van der Waals surface area contributed by atoms with Crippen LogP contribution in [0.3, 0.4) is 0 Å². The lowest BCUT2D eigenvalue weighted by molar-refractivity contribution is 0.0788. The number of hydrogen-bond acceptors (Lipinski definition) is 5. The van der Waals surface area contributed by atoms with Crippen LogP contribution in [0.2, 0.25) is 0 Å². The monoisotopic (exact) mass is 386 g/mol. The third kappa shape index (κ3) is 2.82. The van der Waals surface area contributed by atoms with Crippen molar-refractivity contribution in [3.63, 3.8) is 0 Å². The van der Waals surface area contributed by atoms with Gasteiger partial charge in [-0.2, -0.15) is 0 Å². The molecule has 0 radical (unpaired) electrons. The van der Waals surface area contributed by atoms with E-state index in [0.29, 0.717) is 0 Å². The molecule has 6 nitrogen and oxygen atoms in total. The second kappa shape index (κ2) is 6.59. The number of aromatic amines is 1. The number of fused-ring (bicyclic) bond motifs is 5. The summed E-state index contributed by atoms with van der Waals surface area (Å²) in [4.78, 5) is 18.2. The van der Waals surface area contributed by atoms with Gasteiger partial charge in [-0.1, -0.05) is 24.3 Å². The molecule has 0 bridgehead atoms. The molecule has 0 atom stereocenters. The zero-order valence-electron chi connectivity index (χ0n) is 16.6. The Kier molecular flexibility index (Phi) is 3.87. The van der Waals surface area contributed by atoms with E-state index in [1.54, 1.807) is 0 Å². The number of amidine groups is 1. The van der Waals surface area contributed by atoms with Gasteiger partial charge in [0.2, 0.25) is 0 Å². The minimum Gasteiger partial charge on any atom is -0.362 e. The van der Waals surface area contributed by atoms with E-state index in [1.165, 1.54) is 17.1 Å². The van der Waals surface area contributed by atoms with E-state index in [-0.39, 0.29) is 5.66 Å². The number of rotatable bonds is 2. The van der Waals surface area contributed by atoms with E-state index in [1.807, 2.05) is 6.07 Å². The van der Waals surface area contributed by atoms with Crippen LogP contribution in [0.15, 0.2) is 53.5 Å². The third-order valence-corrected chi connectivity index (χ3v) is 6.60. The van der Waals surface area contributed by atoms with Crippen molar-refractivity contribution in [3.05, 3.63) is 59.9 Å². The highest BCUT2D eigenvalue weighted by Gasteiger charge is 2.45. The number of nitrogens with one attached hydrogen (secondary N) is 2. The Hall–Kier alpha value is -2.86. The third-order valence-electron chi connectivity index (χ3n) is 6.60. The largest absolute Gasteiger partial charge is 0.362 e. The number of likely N-dealkylation sites (tertiary alicyclic amines) is 1. The van der Waals surface area contributed by atoms with Gasteiger partial charge in [-0.15, -0.1) is 0 Å². The van der Waals surface area contributed by atoms with E-state index in [4.69, 9.17) is 9.98 Å². The topological polar surface area (TPSA) is 59.6 Å². The number of para-hydroxylation sites is 3. The summed E-state index contributed by atoms with van der Waals surface area (Å²) in [6.45, 7) is 5.01. The molecule has 1 fully saturated rings. The number of anilines is 1. The Bertz CT molecular complexity index is 1040. The van der Waals surface area contributed by atoms with Crippen molar-refractivity contribution in [2.45, 2.75) is 31.5 Å². The van der Waals surface area contributed by atoms with Crippen molar-refractivity contribution in [2.75, 3.05) is 31.5 Å². The van der Waals surface area contributed by atoms with Crippen molar-refractivity contribution >= 4 is 22.6 Å². The fourth-order valence-electron chi connectivity index (χ4n) is 5.13. The molecule has 3 aromatic rings. The smallest absolute Gasteiger partial charge is 0.134 e. The number of aromatic nitrogens is 2. The van der Waals surface area contributed by atoms with E-state index in [0.717, 1.165) is 68.8 Å². The molecule has 0 saturated carbocycles. The van der Waals surface area contributed by atoms with Crippen LogP contribution in [0, 0.1) is 0 Å². The maximum absolute atomic E-state index is 4.93. The molecular formula is C23H26N6. The second-order valence-corrected chi connectivity index (χ2v) is 8.39. The Labute approximate surface area is 170 Å². The van der Waals surface area contributed by atoms with E-state index in [9.17, 15) is 0 Å². The molecule has 1 spiro atoms. The van der Waals surface area contributed by atoms with Crippen LogP contribution in [-0.4, -0.2) is 57.4 Å². The quantitative estimate of drug-likeness (QED) is 0.708.